The van der Waals surface area contributed by atoms with Gasteiger partial charge in [-0.25, -0.2) is 4.68 Å². The summed E-state index contributed by atoms with van der Waals surface area (Å²) in [6.07, 6.45) is 0.116. The monoisotopic (exact) mass is 435 g/mol. The van der Waals surface area contributed by atoms with E-state index >= 15 is 0 Å². The molecule has 1 aromatic heterocycles. The van der Waals surface area contributed by atoms with Gasteiger partial charge in [0.2, 0.25) is 0 Å². The highest BCUT2D eigenvalue weighted by molar-refractivity contribution is 7.51. The Morgan fingerprint density at radius 2 is 1.50 bits per heavy atom. The summed E-state index contributed by atoms with van der Waals surface area (Å²) in [5, 5.41) is 12.6. The zero-order valence-electron chi connectivity index (χ0n) is 18.5. The van der Waals surface area contributed by atoms with Gasteiger partial charge in [-0.1, -0.05) is 23.1 Å². The quantitative estimate of drug-likeness (QED) is 0.191. The Morgan fingerprint density at radius 1 is 0.967 bits per heavy atom. The molecule has 0 saturated carbocycles. The molecule has 0 N–H and O–H groups in total. The van der Waals surface area contributed by atoms with E-state index in [0.29, 0.717) is 17.5 Å². The van der Waals surface area contributed by atoms with Crippen LogP contribution in [0.25, 0.3) is 5.69 Å². The molecule has 2 rings (SSSR count). The molecule has 0 atom stereocenters. The lowest BCUT2D eigenvalue weighted by Gasteiger charge is -2.27. The number of benzene rings is 1. The van der Waals surface area contributed by atoms with Crippen LogP contribution in [0.15, 0.2) is 45.5 Å². The summed E-state index contributed by atoms with van der Waals surface area (Å²) in [6, 6.07) is 9.36. The Balaban J connectivity index is 2.56. The molecule has 2 aromatic rings. The Bertz CT molecular complexity index is 889. The highest BCUT2D eigenvalue weighted by Crippen LogP contribution is 2.56. The fourth-order valence-corrected chi connectivity index (χ4v) is 4.57. The Kier molecular flexibility index (Phi) is 8.61. The van der Waals surface area contributed by atoms with Gasteiger partial charge in [-0.15, -0.1) is 5.11 Å². The number of nitrogens with zero attached hydrogens (tertiary/aromatic N) is 5. The molecule has 0 bridgehead atoms. The molecule has 0 aliphatic rings. The molecule has 0 aliphatic heterocycles. The number of aromatic nitrogens is 2. The topological polar surface area (TPSA) is 99.7 Å². The zero-order valence-corrected chi connectivity index (χ0v) is 19.4. The van der Waals surface area contributed by atoms with Crippen molar-refractivity contribution in [1.29, 1.82) is 0 Å². The third-order valence-corrected chi connectivity index (χ3v) is 5.88. The van der Waals surface area contributed by atoms with Crippen molar-refractivity contribution in [3.63, 3.8) is 0 Å². The van der Waals surface area contributed by atoms with E-state index in [-0.39, 0.29) is 24.1 Å². The van der Waals surface area contributed by atoms with Gasteiger partial charge in [0, 0.05) is 0 Å². The van der Waals surface area contributed by atoms with E-state index in [1.165, 1.54) is 0 Å². The summed E-state index contributed by atoms with van der Waals surface area (Å²) in [5.41, 5.74) is 1.62. The zero-order chi connectivity index (χ0) is 22.3. The van der Waals surface area contributed by atoms with Gasteiger partial charge >= 0.3 is 7.74 Å². The molecule has 164 valence electrons. The van der Waals surface area contributed by atoms with E-state index in [0.717, 1.165) is 5.69 Å². The fourth-order valence-electron chi connectivity index (χ4n) is 2.56. The molecule has 30 heavy (non-hydrogen) atoms. The molecule has 9 nitrogen and oxygen atoms in total. The van der Waals surface area contributed by atoms with Crippen molar-refractivity contribution in [1.82, 2.24) is 9.78 Å². The molecular weight excluding hydrogens is 405 g/mol. The van der Waals surface area contributed by atoms with Crippen LogP contribution in [0.2, 0.25) is 0 Å². The summed E-state index contributed by atoms with van der Waals surface area (Å²) in [5.74, 6) is 0.272. The van der Waals surface area contributed by atoms with Gasteiger partial charge in [-0.2, -0.15) is 5.10 Å². The lowest BCUT2D eigenvalue weighted by atomic mass is 10.2. The predicted octanol–water partition coefficient (Wildman–Crippen LogP) is 6.21. The van der Waals surface area contributed by atoms with Crippen molar-refractivity contribution < 1.29 is 18.4 Å². The first-order chi connectivity index (χ1) is 14.2. The minimum atomic E-state index is -3.16. The molecule has 1 aromatic carbocycles. The van der Waals surface area contributed by atoms with Gasteiger partial charge in [0.25, 0.3) is 0 Å². The van der Waals surface area contributed by atoms with Crippen molar-refractivity contribution in [2.45, 2.75) is 66.8 Å². The average Bonchev–Trinajstić information content (AvgIpc) is 2.96. The Hall–Kier alpha value is -2.19. The number of aldehydes is 1. The number of carbonyl (C=O) groups excluding carboxylic acids is 1. The first kappa shape index (κ1) is 24.1. The highest BCUT2D eigenvalue weighted by Gasteiger charge is 2.29. The molecule has 0 fully saturated rings. The largest absolute Gasteiger partial charge is 0.381 e. The van der Waals surface area contributed by atoms with Crippen molar-refractivity contribution in [2.24, 2.45) is 15.2 Å². The SMILES string of the molecule is Cc1nn(-c2ccccc2)c(/N=N/N=P(OC(C)C)(OC(C)C)OC(C)C)c1C=O. The van der Waals surface area contributed by atoms with E-state index in [4.69, 9.17) is 13.6 Å². The molecule has 0 unspecified atom stereocenters. The van der Waals surface area contributed by atoms with Gasteiger partial charge in [-0.3, -0.25) is 18.4 Å². The Morgan fingerprint density at radius 3 is 1.97 bits per heavy atom. The second kappa shape index (κ2) is 10.7. The average molecular weight is 435 g/mol. The van der Waals surface area contributed by atoms with Crippen LogP contribution < -0.4 is 0 Å². The standard InChI is InChI=1S/C20H30N5O4P/c1-14(2)27-30(28-15(3)4,29-16(5)6)24-23-21-20-19(13-26)17(7)22-25(20)18-11-9-8-10-12-18/h8-16H,1-7H3/b23-21+. The van der Waals surface area contributed by atoms with Crippen LogP contribution in [0.3, 0.4) is 0 Å². The first-order valence-electron chi connectivity index (χ1n) is 9.85. The lowest BCUT2D eigenvalue weighted by Crippen LogP contribution is -2.13. The predicted molar refractivity (Wildman–Crippen MR) is 116 cm³/mol. The van der Waals surface area contributed by atoms with Crippen molar-refractivity contribution in [3.05, 3.63) is 41.6 Å². The van der Waals surface area contributed by atoms with E-state index in [9.17, 15) is 4.79 Å². The summed E-state index contributed by atoms with van der Waals surface area (Å²) >= 11 is 0. The van der Waals surface area contributed by atoms with Gasteiger partial charge < -0.3 is 0 Å². The lowest BCUT2D eigenvalue weighted by molar-refractivity contribution is 0.0825. The van der Waals surface area contributed by atoms with Crippen LogP contribution in [0.5, 0.6) is 0 Å². The van der Waals surface area contributed by atoms with Crippen LogP contribution >= 0.6 is 7.74 Å². The number of para-hydroxylation sites is 1. The summed E-state index contributed by atoms with van der Waals surface area (Å²) in [7, 11) is -3.16. The summed E-state index contributed by atoms with van der Waals surface area (Å²) in [6.45, 7) is 12.9. The molecule has 0 radical (unpaired) electrons. The molecule has 10 heteroatoms. The molecule has 0 amide bonds. The number of hydrogen-bond acceptors (Lipinski definition) is 6. The summed E-state index contributed by atoms with van der Waals surface area (Å²) in [4.78, 5) is 15.9. The van der Waals surface area contributed by atoms with Gasteiger partial charge in [-0.05, 0) is 65.8 Å². The minimum absolute atomic E-state index is 0.197. The fraction of sp³-hybridized carbons (Fsp3) is 0.500. The van der Waals surface area contributed by atoms with Crippen molar-refractivity contribution in [3.8, 4) is 5.69 Å². The molecule has 0 saturated heterocycles. The molecule has 1 heterocycles. The third-order valence-electron chi connectivity index (χ3n) is 3.52. The smallest absolute Gasteiger partial charge is 0.299 e. The molecule has 0 aliphatic carbocycles. The summed E-state index contributed by atoms with van der Waals surface area (Å²) < 4.78 is 19.3. The van der Waals surface area contributed by atoms with Gasteiger partial charge in [0.15, 0.2) is 12.1 Å². The maximum atomic E-state index is 11.6. The first-order valence-corrected chi connectivity index (χ1v) is 11.3. The minimum Gasteiger partial charge on any atom is -0.299 e. The maximum Gasteiger partial charge on any atom is 0.381 e. The third kappa shape index (κ3) is 6.40. The van der Waals surface area contributed by atoms with Crippen LogP contribution in [0, 0.1) is 6.92 Å². The second-order valence-electron chi connectivity index (χ2n) is 7.40. The van der Waals surface area contributed by atoms with Crippen LogP contribution in [-0.4, -0.2) is 34.4 Å². The molecule has 0 spiro atoms. The Labute approximate surface area is 177 Å². The van der Waals surface area contributed by atoms with Gasteiger partial charge in [0.05, 0.1) is 35.3 Å². The van der Waals surface area contributed by atoms with Crippen LogP contribution in [0.4, 0.5) is 5.82 Å². The molecular formula is C20H30N5O4P. The second-order valence-corrected chi connectivity index (χ2v) is 9.15. The van der Waals surface area contributed by atoms with E-state index < -0.39 is 7.74 Å². The number of carbonyl (C=O) groups is 1. The van der Waals surface area contributed by atoms with Crippen LogP contribution in [-0.2, 0) is 13.6 Å². The number of hydrogen-bond donors (Lipinski definition) is 0. The maximum absolute atomic E-state index is 11.6. The van der Waals surface area contributed by atoms with E-state index in [1.54, 1.807) is 11.6 Å². The number of aryl methyl sites for hydroxylation is 1. The van der Waals surface area contributed by atoms with Crippen molar-refractivity contribution in [2.75, 3.05) is 0 Å². The normalized spacial score (nSPS) is 12.5. The van der Waals surface area contributed by atoms with Gasteiger partial charge in [0.1, 0.15) is 0 Å². The van der Waals surface area contributed by atoms with Crippen molar-refractivity contribution >= 4 is 19.8 Å². The van der Waals surface area contributed by atoms with E-state index in [2.05, 4.69) is 20.3 Å². The van der Waals surface area contributed by atoms with Crippen LogP contribution in [0.1, 0.15) is 57.6 Å². The number of rotatable bonds is 10. The highest BCUT2D eigenvalue weighted by atomic mass is 31.2. The van der Waals surface area contributed by atoms with E-state index in [1.807, 2.05) is 71.9 Å².